The highest BCUT2D eigenvalue weighted by atomic mass is 32.1. The number of carbonyl (C=O) groups excluding carboxylic acids is 1. The van der Waals surface area contributed by atoms with E-state index in [1.807, 2.05) is 7.05 Å². The molecule has 19 heavy (non-hydrogen) atoms. The van der Waals surface area contributed by atoms with Crippen LogP contribution in [-0.4, -0.2) is 65.0 Å². The Morgan fingerprint density at radius 2 is 1.95 bits per heavy atom. The molecule has 1 amide bonds. The molecule has 2 heterocycles. The highest BCUT2D eigenvalue weighted by Crippen LogP contribution is 2.19. The second-order valence-corrected chi connectivity index (χ2v) is 5.88. The minimum atomic E-state index is -1.01. The van der Waals surface area contributed by atoms with E-state index in [9.17, 15) is 9.59 Å². The molecule has 1 aromatic heterocycles. The van der Waals surface area contributed by atoms with E-state index >= 15 is 0 Å². The van der Waals surface area contributed by atoms with Crippen LogP contribution in [0.4, 0.5) is 0 Å². The number of carboxylic acid groups (broad SMARTS) is 1. The summed E-state index contributed by atoms with van der Waals surface area (Å²) in [5.74, 6) is -1.05. The quantitative estimate of drug-likeness (QED) is 0.872. The van der Waals surface area contributed by atoms with Crippen LogP contribution >= 0.6 is 11.3 Å². The van der Waals surface area contributed by atoms with E-state index in [4.69, 9.17) is 5.11 Å². The van der Waals surface area contributed by atoms with E-state index in [2.05, 4.69) is 9.88 Å². The van der Waals surface area contributed by atoms with Gasteiger partial charge in [0.15, 0.2) is 0 Å². The van der Waals surface area contributed by atoms with Crippen LogP contribution in [-0.2, 0) is 11.2 Å². The zero-order chi connectivity index (χ0) is 14.0. The first kappa shape index (κ1) is 14.0. The van der Waals surface area contributed by atoms with Gasteiger partial charge in [-0.05, 0) is 14.0 Å². The Morgan fingerprint density at radius 3 is 2.53 bits per heavy atom. The van der Waals surface area contributed by atoms with Crippen molar-refractivity contribution in [3.63, 3.8) is 0 Å². The molecule has 7 heteroatoms. The van der Waals surface area contributed by atoms with E-state index in [0.717, 1.165) is 24.4 Å². The number of carbonyl (C=O) groups is 2. The molecule has 0 atom stereocenters. The molecular formula is C12H17N3O3S. The maximum Gasteiger partial charge on any atom is 0.347 e. The molecule has 1 fully saturated rings. The minimum absolute atomic E-state index is 0.0408. The normalized spacial score (nSPS) is 16.6. The summed E-state index contributed by atoms with van der Waals surface area (Å²) in [6.45, 7) is 4.85. The van der Waals surface area contributed by atoms with Crippen LogP contribution in [0.5, 0.6) is 0 Å². The van der Waals surface area contributed by atoms with Gasteiger partial charge in [0.2, 0.25) is 5.91 Å². The summed E-state index contributed by atoms with van der Waals surface area (Å²) in [4.78, 5) is 31.5. The fraction of sp³-hybridized carbons (Fsp3) is 0.583. The lowest BCUT2D eigenvalue weighted by molar-refractivity contribution is -0.132. The maximum absolute atomic E-state index is 12.1. The first-order chi connectivity index (χ1) is 8.97. The highest BCUT2D eigenvalue weighted by Gasteiger charge is 2.23. The molecule has 6 nitrogen and oxygen atoms in total. The molecule has 0 spiro atoms. The second kappa shape index (κ2) is 5.66. The molecule has 1 N–H and O–H groups in total. The van der Waals surface area contributed by atoms with Crippen molar-refractivity contribution in [2.24, 2.45) is 0 Å². The zero-order valence-electron chi connectivity index (χ0n) is 11.0. The van der Waals surface area contributed by atoms with Crippen LogP contribution in [0.25, 0.3) is 0 Å². The number of hydrogen-bond donors (Lipinski definition) is 1. The standard InChI is InChI=1S/C12H17N3O3S/c1-8-13-9(11(19-8)12(17)18)7-10(16)15-5-3-14(2)4-6-15/h3-7H2,1-2H3,(H,17,18). The van der Waals surface area contributed by atoms with Crippen molar-refractivity contribution in [3.8, 4) is 0 Å². The number of nitrogens with zero attached hydrogens (tertiary/aromatic N) is 3. The third-order valence-corrected chi connectivity index (χ3v) is 4.17. The van der Waals surface area contributed by atoms with Crippen LogP contribution in [0.3, 0.4) is 0 Å². The fourth-order valence-electron chi connectivity index (χ4n) is 2.07. The van der Waals surface area contributed by atoms with Crippen molar-refractivity contribution in [2.75, 3.05) is 33.2 Å². The van der Waals surface area contributed by atoms with Crippen LogP contribution in [0, 0.1) is 6.92 Å². The Balaban J connectivity index is 2.04. The predicted molar refractivity (Wildman–Crippen MR) is 71.6 cm³/mol. The summed E-state index contributed by atoms with van der Waals surface area (Å²) < 4.78 is 0. The summed E-state index contributed by atoms with van der Waals surface area (Å²) >= 11 is 1.12. The molecule has 1 saturated heterocycles. The van der Waals surface area contributed by atoms with Gasteiger partial charge in [-0.3, -0.25) is 4.79 Å². The molecule has 2 rings (SSSR count). The van der Waals surface area contributed by atoms with E-state index in [1.54, 1.807) is 11.8 Å². The van der Waals surface area contributed by atoms with Gasteiger partial charge in [-0.25, -0.2) is 9.78 Å². The highest BCUT2D eigenvalue weighted by molar-refractivity contribution is 7.13. The zero-order valence-corrected chi connectivity index (χ0v) is 11.9. The van der Waals surface area contributed by atoms with E-state index < -0.39 is 5.97 Å². The van der Waals surface area contributed by atoms with Gasteiger partial charge >= 0.3 is 5.97 Å². The summed E-state index contributed by atoms with van der Waals surface area (Å²) in [6.07, 6.45) is 0.0791. The van der Waals surface area contributed by atoms with Crippen LogP contribution in [0.15, 0.2) is 0 Å². The van der Waals surface area contributed by atoms with E-state index in [-0.39, 0.29) is 17.2 Å². The first-order valence-corrected chi connectivity index (χ1v) is 6.95. The number of amides is 1. The lowest BCUT2D eigenvalue weighted by Crippen LogP contribution is -2.47. The number of aromatic nitrogens is 1. The number of likely N-dealkylation sites (N-methyl/N-ethyl adjacent to an activating group) is 1. The Labute approximate surface area is 115 Å². The molecular weight excluding hydrogens is 266 g/mol. The molecule has 0 bridgehead atoms. The summed E-state index contributed by atoms with van der Waals surface area (Å²) in [5, 5.41) is 9.76. The average molecular weight is 283 g/mol. The number of piperazine rings is 1. The van der Waals surface area contributed by atoms with E-state index in [0.29, 0.717) is 23.8 Å². The van der Waals surface area contributed by atoms with Crippen molar-refractivity contribution >= 4 is 23.2 Å². The Kier molecular flexibility index (Phi) is 4.16. The molecule has 1 aliphatic heterocycles. The molecule has 0 unspecified atom stereocenters. The third-order valence-electron chi connectivity index (χ3n) is 3.17. The lowest BCUT2D eigenvalue weighted by atomic mass is 10.2. The SMILES string of the molecule is Cc1nc(CC(=O)N2CCN(C)CC2)c(C(=O)O)s1. The minimum Gasteiger partial charge on any atom is -0.477 e. The van der Waals surface area contributed by atoms with Gasteiger partial charge in [-0.2, -0.15) is 0 Å². The Hall–Kier alpha value is -1.47. The van der Waals surface area contributed by atoms with Gasteiger partial charge in [-0.1, -0.05) is 0 Å². The lowest BCUT2D eigenvalue weighted by Gasteiger charge is -2.32. The van der Waals surface area contributed by atoms with Gasteiger partial charge in [0, 0.05) is 26.2 Å². The van der Waals surface area contributed by atoms with Crippen molar-refractivity contribution in [3.05, 3.63) is 15.6 Å². The molecule has 104 valence electrons. The molecule has 0 aliphatic carbocycles. The molecule has 1 aromatic rings. The summed E-state index contributed by atoms with van der Waals surface area (Å²) in [6, 6.07) is 0. The smallest absolute Gasteiger partial charge is 0.347 e. The molecule has 0 saturated carbocycles. The topological polar surface area (TPSA) is 73.7 Å². The second-order valence-electron chi connectivity index (χ2n) is 4.67. The Bertz CT molecular complexity index is 492. The maximum atomic E-state index is 12.1. The summed E-state index contributed by atoms with van der Waals surface area (Å²) in [7, 11) is 2.02. The van der Waals surface area contributed by atoms with Crippen LogP contribution in [0.2, 0.25) is 0 Å². The van der Waals surface area contributed by atoms with Crippen LogP contribution in [0.1, 0.15) is 20.4 Å². The fourth-order valence-corrected chi connectivity index (χ4v) is 2.84. The molecule has 0 radical (unpaired) electrons. The number of thiazole rings is 1. The van der Waals surface area contributed by atoms with Gasteiger partial charge < -0.3 is 14.9 Å². The van der Waals surface area contributed by atoms with Crippen molar-refractivity contribution in [1.82, 2.24) is 14.8 Å². The molecule has 0 aromatic carbocycles. The number of carboxylic acids is 1. The number of aryl methyl sites for hydroxylation is 1. The largest absolute Gasteiger partial charge is 0.477 e. The third kappa shape index (κ3) is 3.30. The number of rotatable bonds is 3. The van der Waals surface area contributed by atoms with E-state index in [1.165, 1.54) is 0 Å². The van der Waals surface area contributed by atoms with Crippen molar-refractivity contribution in [2.45, 2.75) is 13.3 Å². The van der Waals surface area contributed by atoms with Gasteiger partial charge in [0.25, 0.3) is 0 Å². The Morgan fingerprint density at radius 1 is 1.32 bits per heavy atom. The number of hydrogen-bond acceptors (Lipinski definition) is 5. The molecule has 1 aliphatic rings. The summed E-state index contributed by atoms with van der Waals surface area (Å²) in [5.41, 5.74) is 0.388. The van der Waals surface area contributed by atoms with Crippen molar-refractivity contribution in [1.29, 1.82) is 0 Å². The van der Waals surface area contributed by atoms with Crippen LogP contribution < -0.4 is 0 Å². The van der Waals surface area contributed by atoms with Gasteiger partial charge in [0.1, 0.15) is 4.88 Å². The predicted octanol–water partition coefficient (Wildman–Crippen LogP) is 0.466. The van der Waals surface area contributed by atoms with Crippen molar-refractivity contribution < 1.29 is 14.7 Å². The number of aromatic carboxylic acids is 1. The van der Waals surface area contributed by atoms with Gasteiger partial charge in [-0.15, -0.1) is 11.3 Å². The first-order valence-electron chi connectivity index (χ1n) is 6.13. The van der Waals surface area contributed by atoms with Gasteiger partial charge in [0.05, 0.1) is 17.1 Å². The monoisotopic (exact) mass is 283 g/mol. The average Bonchev–Trinajstić information content (AvgIpc) is 2.71.